The Kier molecular flexibility index (Phi) is 7.50. The molecule has 176 valence electrons. The Bertz CT molecular complexity index is 1360. The van der Waals surface area contributed by atoms with E-state index < -0.39 is 15.9 Å². The molecule has 3 aromatic carbocycles. The normalized spacial score (nSPS) is 11.5. The van der Waals surface area contributed by atoms with E-state index in [0.717, 1.165) is 5.56 Å². The summed E-state index contributed by atoms with van der Waals surface area (Å²) < 4.78 is 28.4. The summed E-state index contributed by atoms with van der Waals surface area (Å²) in [5.41, 5.74) is 14.5. The number of carbonyl (C=O) groups excluding carboxylic acids is 2. The van der Waals surface area contributed by atoms with Crippen molar-refractivity contribution in [3.8, 4) is 16.9 Å². The molecule has 0 fully saturated rings. The summed E-state index contributed by atoms with van der Waals surface area (Å²) in [4.78, 5) is 23.7. The zero-order chi connectivity index (χ0) is 24.9. The quantitative estimate of drug-likeness (QED) is 0.194. The minimum Gasteiger partial charge on any atom is -0.427 e. The van der Waals surface area contributed by atoms with Crippen LogP contribution in [0.25, 0.3) is 23.3 Å². The van der Waals surface area contributed by atoms with Crippen LogP contribution in [0.2, 0.25) is 0 Å². The molecular weight excluding hydrogens is 454 g/mol. The number of ether oxygens (including phenoxy) is 1. The molecular formula is C25H25N3O5S. The first-order valence-electron chi connectivity index (χ1n) is 10.4. The number of primary amides is 1. The number of benzene rings is 3. The summed E-state index contributed by atoms with van der Waals surface area (Å²) in [7, 11) is -3.84. The third-order valence-electron chi connectivity index (χ3n) is 4.97. The number of nitrogens with two attached hydrogens (primary N) is 3. The molecule has 0 aliphatic heterocycles. The third-order valence-corrected chi connectivity index (χ3v) is 5.90. The Morgan fingerprint density at radius 2 is 1.65 bits per heavy atom. The molecule has 0 aromatic heterocycles. The number of hydrogen-bond acceptors (Lipinski definition) is 6. The van der Waals surface area contributed by atoms with E-state index in [0.29, 0.717) is 35.3 Å². The van der Waals surface area contributed by atoms with E-state index in [-0.39, 0.29) is 22.1 Å². The van der Waals surface area contributed by atoms with Crippen LogP contribution in [0, 0.1) is 0 Å². The second-order valence-corrected chi connectivity index (χ2v) is 9.15. The lowest BCUT2D eigenvalue weighted by Gasteiger charge is -2.12. The fourth-order valence-electron chi connectivity index (χ4n) is 3.30. The molecule has 3 aromatic rings. The van der Waals surface area contributed by atoms with Gasteiger partial charge in [0.15, 0.2) is 0 Å². The number of nitrogen functional groups attached to an aromatic ring is 1. The van der Waals surface area contributed by atoms with Crippen LogP contribution in [-0.4, -0.2) is 20.3 Å². The lowest BCUT2D eigenvalue weighted by atomic mass is 9.96. The first kappa shape index (κ1) is 24.7. The van der Waals surface area contributed by atoms with Gasteiger partial charge in [0.25, 0.3) is 5.91 Å². The second-order valence-electron chi connectivity index (χ2n) is 7.59. The van der Waals surface area contributed by atoms with Gasteiger partial charge in [-0.25, -0.2) is 13.6 Å². The SMILES string of the molecule is CCCC(=O)Oc1cccc(C=Cc2cc(C(N)=O)c(N)c(-c3ccc(S(N)(=O)=O)cc3)c2)c1. The van der Waals surface area contributed by atoms with Gasteiger partial charge in [-0.2, -0.15) is 0 Å². The Labute approximate surface area is 198 Å². The topological polar surface area (TPSA) is 156 Å². The zero-order valence-corrected chi connectivity index (χ0v) is 19.3. The molecule has 0 saturated heterocycles. The van der Waals surface area contributed by atoms with Gasteiger partial charge >= 0.3 is 5.97 Å². The van der Waals surface area contributed by atoms with Gasteiger partial charge in [0.1, 0.15) is 5.75 Å². The van der Waals surface area contributed by atoms with Crippen molar-refractivity contribution in [3.63, 3.8) is 0 Å². The molecule has 9 heteroatoms. The Hall–Kier alpha value is -3.95. The molecule has 34 heavy (non-hydrogen) atoms. The molecule has 3 rings (SSSR count). The first-order chi connectivity index (χ1) is 16.1. The van der Waals surface area contributed by atoms with E-state index in [9.17, 15) is 18.0 Å². The number of carbonyl (C=O) groups is 2. The molecule has 6 N–H and O–H groups in total. The average Bonchev–Trinajstić information content (AvgIpc) is 2.78. The summed E-state index contributed by atoms with van der Waals surface area (Å²) in [6, 6.07) is 16.2. The first-order valence-corrected chi connectivity index (χ1v) is 12.0. The van der Waals surface area contributed by atoms with Crippen LogP contribution in [0.5, 0.6) is 5.75 Å². The van der Waals surface area contributed by atoms with Gasteiger partial charge in [-0.15, -0.1) is 0 Å². The number of rotatable bonds is 8. The maximum Gasteiger partial charge on any atom is 0.311 e. The van der Waals surface area contributed by atoms with Crippen LogP contribution in [0.4, 0.5) is 5.69 Å². The fourth-order valence-corrected chi connectivity index (χ4v) is 3.81. The Morgan fingerprint density at radius 1 is 0.971 bits per heavy atom. The van der Waals surface area contributed by atoms with Crippen molar-refractivity contribution in [1.29, 1.82) is 0 Å². The number of hydrogen-bond donors (Lipinski definition) is 3. The van der Waals surface area contributed by atoms with Gasteiger partial charge in [-0.3, -0.25) is 9.59 Å². The van der Waals surface area contributed by atoms with Crippen molar-refractivity contribution in [3.05, 3.63) is 77.4 Å². The van der Waals surface area contributed by atoms with Crippen LogP contribution in [-0.2, 0) is 14.8 Å². The van der Waals surface area contributed by atoms with Crippen LogP contribution < -0.4 is 21.3 Å². The summed E-state index contributed by atoms with van der Waals surface area (Å²) in [6.07, 6.45) is 4.59. The van der Waals surface area contributed by atoms with Crippen molar-refractivity contribution in [1.82, 2.24) is 0 Å². The highest BCUT2D eigenvalue weighted by atomic mass is 32.2. The standard InChI is InChI=1S/C25H25N3O5S/c1-2-4-23(29)33-19-6-3-5-16(13-19)7-8-17-14-21(24(26)22(15-17)25(27)30)18-9-11-20(12-10-18)34(28,31)32/h3,5-15H,2,4,26H2,1H3,(H2,27,30)(H2,28,31,32). The third kappa shape index (κ3) is 6.09. The molecule has 0 unspecified atom stereocenters. The number of sulfonamides is 1. The number of esters is 1. The number of amides is 1. The van der Waals surface area contributed by atoms with Gasteiger partial charge in [0.2, 0.25) is 10.0 Å². The second kappa shape index (κ2) is 10.3. The molecule has 0 radical (unpaired) electrons. The highest BCUT2D eigenvalue weighted by Gasteiger charge is 2.14. The highest BCUT2D eigenvalue weighted by Crippen LogP contribution is 2.32. The van der Waals surface area contributed by atoms with E-state index in [4.69, 9.17) is 21.3 Å². The minimum absolute atomic E-state index is 0.0412. The van der Waals surface area contributed by atoms with Crippen LogP contribution >= 0.6 is 0 Å². The molecule has 0 aliphatic carbocycles. The Morgan fingerprint density at radius 3 is 2.26 bits per heavy atom. The van der Waals surface area contributed by atoms with Gasteiger partial charge in [0, 0.05) is 12.0 Å². The molecule has 0 atom stereocenters. The van der Waals surface area contributed by atoms with Gasteiger partial charge in [-0.05, 0) is 59.5 Å². The van der Waals surface area contributed by atoms with E-state index >= 15 is 0 Å². The van der Waals surface area contributed by atoms with Gasteiger partial charge < -0.3 is 16.2 Å². The number of primary sulfonamides is 1. The molecule has 1 amide bonds. The predicted molar refractivity (Wildman–Crippen MR) is 132 cm³/mol. The molecule has 0 spiro atoms. The summed E-state index contributed by atoms with van der Waals surface area (Å²) in [6.45, 7) is 1.90. The van der Waals surface area contributed by atoms with Crippen molar-refractivity contribution < 1.29 is 22.7 Å². The Balaban J connectivity index is 1.97. The molecule has 8 nitrogen and oxygen atoms in total. The van der Waals surface area contributed by atoms with Gasteiger partial charge in [-0.1, -0.05) is 43.3 Å². The maximum atomic E-state index is 12.0. The van der Waals surface area contributed by atoms with Crippen molar-refractivity contribution in [2.45, 2.75) is 24.7 Å². The summed E-state index contributed by atoms with van der Waals surface area (Å²) in [5.74, 6) is -0.558. The summed E-state index contributed by atoms with van der Waals surface area (Å²) >= 11 is 0. The smallest absolute Gasteiger partial charge is 0.311 e. The monoisotopic (exact) mass is 479 g/mol. The van der Waals surface area contributed by atoms with Crippen LogP contribution in [0.1, 0.15) is 41.3 Å². The van der Waals surface area contributed by atoms with Crippen LogP contribution in [0.3, 0.4) is 0 Å². The zero-order valence-electron chi connectivity index (χ0n) is 18.5. The lowest BCUT2D eigenvalue weighted by molar-refractivity contribution is -0.134. The predicted octanol–water partition coefficient (Wildman–Crippen LogP) is 3.56. The summed E-state index contributed by atoms with van der Waals surface area (Å²) in [5, 5.41) is 5.16. The fraction of sp³-hybridized carbons (Fsp3) is 0.120. The minimum atomic E-state index is -3.84. The molecule has 0 aliphatic rings. The average molecular weight is 480 g/mol. The van der Waals surface area contributed by atoms with E-state index in [1.807, 2.05) is 13.0 Å². The highest BCUT2D eigenvalue weighted by molar-refractivity contribution is 7.89. The van der Waals surface area contributed by atoms with Crippen LogP contribution in [0.15, 0.2) is 65.6 Å². The van der Waals surface area contributed by atoms with E-state index in [2.05, 4.69) is 0 Å². The van der Waals surface area contributed by atoms with Crippen molar-refractivity contribution in [2.24, 2.45) is 10.9 Å². The van der Waals surface area contributed by atoms with E-state index in [1.165, 1.54) is 12.1 Å². The molecule has 0 saturated carbocycles. The van der Waals surface area contributed by atoms with Crippen molar-refractivity contribution >= 4 is 39.7 Å². The maximum absolute atomic E-state index is 12.0. The van der Waals surface area contributed by atoms with Crippen molar-refractivity contribution in [2.75, 3.05) is 5.73 Å². The number of anilines is 1. The van der Waals surface area contributed by atoms with Gasteiger partial charge in [0.05, 0.1) is 16.1 Å². The largest absolute Gasteiger partial charge is 0.427 e. The van der Waals surface area contributed by atoms with E-state index in [1.54, 1.807) is 54.6 Å². The lowest BCUT2D eigenvalue weighted by Crippen LogP contribution is -2.14. The molecule has 0 bridgehead atoms. The molecule has 0 heterocycles.